The molecule has 3 rings (SSSR count). The SMILES string of the molecule is CCCN(C)C(=O)Cn1c(=O)n(-c2ccccc2Cl)c(=O)c2ccccc21. The molecule has 0 saturated carbocycles. The van der Waals surface area contributed by atoms with Crippen LogP contribution in [0.2, 0.25) is 5.02 Å². The Morgan fingerprint density at radius 1 is 1.07 bits per heavy atom. The number of carbonyl (C=O) groups excluding carboxylic acids is 1. The largest absolute Gasteiger partial charge is 0.344 e. The lowest BCUT2D eigenvalue weighted by atomic mass is 10.2. The number of halogens is 1. The van der Waals surface area contributed by atoms with Crippen molar-refractivity contribution in [2.75, 3.05) is 13.6 Å². The Bertz CT molecular complexity index is 1120. The van der Waals surface area contributed by atoms with E-state index in [-0.39, 0.29) is 17.5 Å². The second-order valence-corrected chi connectivity index (χ2v) is 6.70. The molecule has 140 valence electrons. The second kappa shape index (κ2) is 7.80. The highest BCUT2D eigenvalue weighted by molar-refractivity contribution is 6.32. The Morgan fingerprint density at radius 3 is 2.44 bits per heavy atom. The van der Waals surface area contributed by atoms with E-state index in [2.05, 4.69) is 0 Å². The molecule has 0 spiro atoms. The quantitative estimate of drug-likeness (QED) is 0.678. The zero-order valence-corrected chi connectivity index (χ0v) is 15.9. The minimum Gasteiger partial charge on any atom is -0.344 e. The van der Waals surface area contributed by atoms with Gasteiger partial charge in [0.2, 0.25) is 5.91 Å². The highest BCUT2D eigenvalue weighted by Crippen LogP contribution is 2.18. The normalized spacial score (nSPS) is 10.9. The van der Waals surface area contributed by atoms with Crippen LogP contribution in [0.15, 0.2) is 58.1 Å². The Kier molecular flexibility index (Phi) is 5.46. The number of para-hydroxylation sites is 2. The summed E-state index contributed by atoms with van der Waals surface area (Å²) in [6.45, 7) is 2.42. The van der Waals surface area contributed by atoms with E-state index in [0.29, 0.717) is 23.1 Å². The predicted octanol–water partition coefficient (Wildman–Crippen LogP) is 2.67. The first kappa shape index (κ1) is 18.9. The molecule has 0 saturated heterocycles. The van der Waals surface area contributed by atoms with Crippen molar-refractivity contribution in [1.29, 1.82) is 0 Å². The number of aromatic nitrogens is 2. The number of rotatable bonds is 5. The predicted molar refractivity (Wildman–Crippen MR) is 107 cm³/mol. The van der Waals surface area contributed by atoms with Crippen LogP contribution in [0.4, 0.5) is 0 Å². The molecule has 2 aromatic carbocycles. The minimum atomic E-state index is -0.593. The number of benzene rings is 2. The van der Waals surface area contributed by atoms with Crippen LogP contribution in [0.3, 0.4) is 0 Å². The number of likely N-dealkylation sites (N-methyl/N-ethyl adjacent to an activating group) is 1. The molecule has 0 radical (unpaired) electrons. The zero-order valence-electron chi connectivity index (χ0n) is 15.2. The maximum Gasteiger partial charge on any atom is 0.336 e. The van der Waals surface area contributed by atoms with Gasteiger partial charge in [0.1, 0.15) is 6.54 Å². The summed E-state index contributed by atoms with van der Waals surface area (Å²) in [7, 11) is 1.70. The smallest absolute Gasteiger partial charge is 0.336 e. The first-order valence-electron chi connectivity index (χ1n) is 8.69. The standard InChI is InChI=1S/C20H20ClN3O3/c1-3-12-22(2)18(25)13-23-16-10-6-4-8-14(16)19(26)24(20(23)27)17-11-7-5-9-15(17)21/h4-11H,3,12-13H2,1-2H3. The lowest BCUT2D eigenvalue weighted by Gasteiger charge is -2.19. The third-order valence-corrected chi connectivity index (χ3v) is 4.74. The number of fused-ring (bicyclic) bond motifs is 1. The van der Waals surface area contributed by atoms with E-state index in [1.807, 2.05) is 6.92 Å². The molecule has 3 aromatic rings. The van der Waals surface area contributed by atoms with Crippen LogP contribution in [-0.2, 0) is 11.3 Å². The van der Waals surface area contributed by atoms with Crippen molar-refractivity contribution in [3.63, 3.8) is 0 Å². The van der Waals surface area contributed by atoms with E-state index in [1.54, 1.807) is 60.5 Å². The monoisotopic (exact) mass is 385 g/mol. The molecule has 6 nitrogen and oxygen atoms in total. The summed E-state index contributed by atoms with van der Waals surface area (Å²) in [5, 5.41) is 0.635. The molecule has 0 bridgehead atoms. The fraction of sp³-hybridized carbons (Fsp3) is 0.250. The number of carbonyl (C=O) groups is 1. The van der Waals surface area contributed by atoms with Crippen LogP contribution in [0.5, 0.6) is 0 Å². The summed E-state index contributed by atoms with van der Waals surface area (Å²) >= 11 is 6.22. The molecule has 1 aromatic heterocycles. The number of nitrogens with zero attached hydrogens (tertiary/aromatic N) is 3. The van der Waals surface area contributed by atoms with Crippen LogP contribution in [0.25, 0.3) is 16.6 Å². The third kappa shape index (κ3) is 3.53. The summed E-state index contributed by atoms with van der Waals surface area (Å²) in [5.74, 6) is -0.200. The molecule has 0 aliphatic heterocycles. The van der Waals surface area contributed by atoms with Crippen molar-refractivity contribution < 1.29 is 4.79 Å². The van der Waals surface area contributed by atoms with Crippen molar-refractivity contribution in [3.8, 4) is 5.69 Å². The lowest BCUT2D eigenvalue weighted by molar-refractivity contribution is -0.130. The van der Waals surface area contributed by atoms with Gasteiger partial charge in [-0.2, -0.15) is 0 Å². The first-order valence-corrected chi connectivity index (χ1v) is 9.07. The van der Waals surface area contributed by atoms with Crippen LogP contribution in [0, 0.1) is 0 Å². The molecule has 0 fully saturated rings. The Balaban J connectivity index is 2.28. The molecule has 7 heteroatoms. The van der Waals surface area contributed by atoms with E-state index in [0.717, 1.165) is 11.0 Å². The Morgan fingerprint density at radius 2 is 1.74 bits per heavy atom. The van der Waals surface area contributed by atoms with E-state index in [9.17, 15) is 14.4 Å². The molecular weight excluding hydrogens is 366 g/mol. The second-order valence-electron chi connectivity index (χ2n) is 6.29. The molecule has 0 N–H and O–H groups in total. The van der Waals surface area contributed by atoms with Gasteiger partial charge in [-0.25, -0.2) is 9.36 Å². The maximum absolute atomic E-state index is 13.2. The summed E-state index contributed by atoms with van der Waals surface area (Å²) in [5.41, 5.74) is -0.337. The topological polar surface area (TPSA) is 64.3 Å². The van der Waals surface area contributed by atoms with Crippen LogP contribution in [-0.4, -0.2) is 33.5 Å². The van der Waals surface area contributed by atoms with E-state index in [4.69, 9.17) is 11.6 Å². The van der Waals surface area contributed by atoms with Gasteiger partial charge < -0.3 is 4.90 Å². The van der Waals surface area contributed by atoms with Crippen molar-refractivity contribution in [2.45, 2.75) is 19.9 Å². The number of hydrogen-bond donors (Lipinski definition) is 0. The van der Waals surface area contributed by atoms with Gasteiger partial charge in [0.05, 0.1) is 21.6 Å². The van der Waals surface area contributed by atoms with Crippen LogP contribution < -0.4 is 11.2 Å². The van der Waals surface area contributed by atoms with Crippen LogP contribution >= 0.6 is 11.6 Å². The Labute approximate surface area is 161 Å². The van der Waals surface area contributed by atoms with E-state index < -0.39 is 11.2 Å². The highest BCUT2D eigenvalue weighted by Gasteiger charge is 2.18. The summed E-state index contributed by atoms with van der Waals surface area (Å²) in [6, 6.07) is 13.4. The molecule has 0 atom stereocenters. The van der Waals surface area contributed by atoms with E-state index in [1.165, 1.54) is 4.57 Å². The number of hydrogen-bond acceptors (Lipinski definition) is 3. The van der Waals surface area contributed by atoms with Gasteiger partial charge in [-0.3, -0.25) is 14.2 Å². The minimum absolute atomic E-state index is 0.152. The molecule has 27 heavy (non-hydrogen) atoms. The fourth-order valence-electron chi connectivity index (χ4n) is 3.04. The average molecular weight is 386 g/mol. The van der Waals surface area contributed by atoms with Gasteiger partial charge in [0.15, 0.2) is 0 Å². The maximum atomic E-state index is 13.2. The van der Waals surface area contributed by atoms with Gasteiger partial charge in [-0.15, -0.1) is 0 Å². The summed E-state index contributed by atoms with van der Waals surface area (Å²) in [4.78, 5) is 40.3. The third-order valence-electron chi connectivity index (χ3n) is 4.42. The summed E-state index contributed by atoms with van der Waals surface area (Å²) < 4.78 is 2.35. The number of amides is 1. The highest BCUT2D eigenvalue weighted by atomic mass is 35.5. The van der Waals surface area contributed by atoms with Gasteiger partial charge in [0.25, 0.3) is 5.56 Å². The van der Waals surface area contributed by atoms with Gasteiger partial charge >= 0.3 is 5.69 Å². The summed E-state index contributed by atoms with van der Waals surface area (Å²) in [6.07, 6.45) is 0.816. The first-order chi connectivity index (χ1) is 13.0. The van der Waals surface area contributed by atoms with Crippen molar-refractivity contribution in [1.82, 2.24) is 14.0 Å². The van der Waals surface area contributed by atoms with Crippen molar-refractivity contribution >= 4 is 28.4 Å². The molecule has 0 aliphatic carbocycles. The lowest BCUT2D eigenvalue weighted by Crippen LogP contribution is -2.42. The van der Waals surface area contributed by atoms with Gasteiger partial charge in [0, 0.05) is 13.6 Å². The van der Waals surface area contributed by atoms with Crippen molar-refractivity contribution in [3.05, 3.63) is 74.4 Å². The fourth-order valence-corrected chi connectivity index (χ4v) is 3.26. The Hall–Kier alpha value is -2.86. The van der Waals surface area contributed by atoms with Crippen LogP contribution in [0.1, 0.15) is 13.3 Å². The molecule has 1 heterocycles. The van der Waals surface area contributed by atoms with E-state index >= 15 is 0 Å². The van der Waals surface area contributed by atoms with Crippen molar-refractivity contribution in [2.24, 2.45) is 0 Å². The molecule has 0 aliphatic rings. The van der Waals surface area contributed by atoms with Gasteiger partial charge in [-0.05, 0) is 30.7 Å². The zero-order chi connectivity index (χ0) is 19.6. The molecular formula is C20H20ClN3O3. The van der Waals surface area contributed by atoms with Gasteiger partial charge in [-0.1, -0.05) is 42.8 Å². The molecule has 0 unspecified atom stereocenters. The average Bonchev–Trinajstić information content (AvgIpc) is 2.66. The molecule has 1 amide bonds.